The van der Waals surface area contributed by atoms with Crippen molar-refractivity contribution in [2.24, 2.45) is 11.7 Å². The number of nitrogens with zero attached hydrogens (tertiary/aromatic N) is 1. The SMILES string of the molecule is CCC1CCCN(Cc2cc(CN)co2)C1. The molecule has 16 heavy (non-hydrogen) atoms. The number of hydrogen-bond acceptors (Lipinski definition) is 3. The fourth-order valence-electron chi connectivity index (χ4n) is 2.46. The molecular formula is C13H22N2O. The molecule has 3 heteroatoms. The maximum atomic E-state index is 5.57. The molecule has 1 aliphatic rings. The number of nitrogens with two attached hydrogens (primary N) is 1. The van der Waals surface area contributed by atoms with E-state index in [1.54, 1.807) is 6.26 Å². The smallest absolute Gasteiger partial charge is 0.118 e. The van der Waals surface area contributed by atoms with Gasteiger partial charge in [-0.1, -0.05) is 13.3 Å². The Morgan fingerprint density at radius 1 is 1.56 bits per heavy atom. The van der Waals surface area contributed by atoms with Crippen LogP contribution in [0, 0.1) is 5.92 Å². The van der Waals surface area contributed by atoms with E-state index in [-0.39, 0.29) is 0 Å². The summed E-state index contributed by atoms with van der Waals surface area (Å²) >= 11 is 0. The Labute approximate surface area is 97.6 Å². The summed E-state index contributed by atoms with van der Waals surface area (Å²) in [5, 5.41) is 0. The highest BCUT2D eigenvalue weighted by Crippen LogP contribution is 2.21. The standard InChI is InChI=1S/C13H22N2O/c1-2-11-4-3-5-15(8-11)9-13-6-12(7-14)10-16-13/h6,10-11H,2-5,7-9,14H2,1H3. The molecule has 2 rings (SSSR count). The predicted octanol–water partition coefficient (Wildman–Crippen LogP) is 2.36. The lowest BCUT2D eigenvalue weighted by atomic mass is 9.96. The second-order valence-corrected chi connectivity index (χ2v) is 4.78. The maximum absolute atomic E-state index is 5.57. The van der Waals surface area contributed by atoms with Crippen LogP contribution < -0.4 is 5.73 Å². The Morgan fingerprint density at radius 3 is 3.12 bits per heavy atom. The van der Waals surface area contributed by atoms with Crippen LogP contribution in [0.1, 0.15) is 37.5 Å². The molecule has 3 nitrogen and oxygen atoms in total. The predicted molar refractivity (Wildman–Crippen MR) is 64.9 cm³/mol. The molecule has 1 unspecified atom stereocenters. The third kappa shape index (κ3) is 2.86. The summed E-state index contributed by atoms with van der Waals surface area (Å²) in [6.45, 7) is 6.22. The minimum Gasteiger partial charge on any atom is -0.468 e. The Morgan fingerprint density at radius 2 is 2.44 bits per heavy atom. The molecule has 90 valence electrons. The maximum Gasteiger partial charge on any atom is 0.118 e. The molecule has 0 aliphatic carbocycles. The van der Waals surface area contributed by atoms with Crippen molar-refractivity contribution in [3.05, 3.63) is 23.7 Å². The summed E-state index contributed by atoms with van der Waals surface area (Å²) in [5.41, 5.74) is 6.66. The van der Waals surface area contributed by atoms with Gasteiger partial charge in [-0.3, -0.25) is 4.90 Å². The van der Waals surface area contributed by atoms with E-state index in [9.17, 15) is 0 Å². The third-order valence-corrected chi connectivity index (χ3v) is 3.50. The highest BCUT2D eigenvalue weighted by molar-refractivity contribution is 5.12. The zero-order valence-electron chi connectivity index (χ0n) is 10.1. The van der Waals surface area contributed by atoms with E-state index >= 15 is 0 Å². The average Bonchev–Trinajstić information content (AvgIpc) is 2.77. The van der Waals surface area contributed by atoms with E-state index < -0.39 is 0 Å². The summed E-state index contributed by atoms with van der Waals surface area (Å²) in [7, 11) is 0. The molecule has 1 fully saturated rings. The fourth-order valence-corrected chi connectivity index (χ4v) is 2.46. The van der Waals surface area contributed by atoms with Crippen LogP contribution >= 0.6 is 0 Å². The quantitative estimate of drug-likeness (QED) is 0.850. The van der Waals surface area contributed by atoms with Gasteiger partial charge in [-0.05, 0) is 31.4 Å². The molecule has 1 aromatic heterocycles. The zero-order valence-corrected chi connectivity index (χ0v) is 10.1. The van der Waals surface area contributed by atoms with Crippen molar-refractivity contribution < 1.29 is 4.42 Å². The van der Waals surface area contributed by atoms with E-state index in [2.05, 4.69) is 17.9 Å². The number of furan rings is 1. The van der Waals surface area contributed by atoms with Crippen LogP contribution in [0.2, 0.25) is 0 Å². The monoisotopic (exact) mass is 222 g/mol. The third-order valence-electron chi connectivity index (χ3n) is 3.50. The number of hydrogen-bond donors (Lipinski definition) is 1. The van der Waals surface area contributed by atoms with E-state index in [0.29, 0.717) is 6.54 Å². The van der Waals surface area contributed by atoms with Crippen LogP contribution in [-0.4, -0.2) is 18.0 Å². The van der Waals surface area contributed by atoms with Crippen molar-refractivity contribution in [3.8, 4) is 0 Å². The first-order chi connectivity index (χ1) is 7.81. The van der Waals surface area contributed by atoms with Gasteiger partial charge >= 0.3 is 0 Å². The molecule has 0 amide bonds. The van der Waals surface area contributed by atoms with Crippen LogP contribution in [0.15, 0.2) is 16.7 Å². The van der Waals surface area contributed by atoms with Crippen LogP contribution in [0.5, 0.6) is 0 Å². The normalized spacial score (nSPS) is 22.5. The molecule has 1 aliphatic heterocycles. The first kappa shape index (κ1) is 11.7. The minimum absolute atomic E-state index is 0.571. The van der Waals surface area contributed by atoms with Crippen molar-refractivity contribution >= 4 is 0 Å². The number of likely N-dealkylation sites (tertiary alicyclic amines) is 1. The summed E-state index contributed by atoms with van der Waals surface area (Å²) in [6, 6.07) is 2.08. The van der Waals surface area contributed by atoms with Crippen molar-refractivity contribution in [2.45, 2.75) is 39.3 Å². The van der Waals surface area contributed by atoms with E-state index in [4.69, 9.17) is 10.2 Å². The summed E-state index contributed by atoms with van der Waals surface area (Å²) in [4.78, 5) is 2.50. The molecule has 0 radical (unpaired) electrons. The van der Waals surface area contributed by atoms with Crippen LogP contribution in [0.4, 0.5) is 0 Å². The average molecular weight is 222 g/mol. The van der Waals surface area contributed by atoms with Gasteiger partial charge in [-0.15, -0.1) is 0 Å². The van der Waals surface area contributed by atoms with E-state index in [0.717, 1.165) is 23.8 Å². The van der Waals surface area contributed by atoms with Crippen LogP contribution in [0.25, 0.3) is 0 Å². The Kier molecular flexibility index (Phi) is 4.02. The molecule has 1 aromatic rings. The van der Waals surface area contributed by atoms with Gasteiger partial charge in [0.05, 0.1) is 12.8 Å². The van der Waals surface area contributed by atoms with Gasteiger partial charge in [0, 0.05) is 18.7 Å². The van der Waals surface area contributed by atoms with Crippen molar-refractivity contribution in [1.82, 2.24) is 4.90 Å². The van der Waals surface area contributed by atoms with Crippen LogP contribution in [0.3, 0.4) is 0 Å². The second kappa shape index (κ2) is 5.51. The lowest BCUT2D eigenvalue weighted by Crippen LogP contribution is -2.34. The minimum atomic E-state index is 0.571. The summed E-state index contributed by atoms with van der Waals surface area (Å²) < 4.78 is 5.51. The molecule has 1 atom stereocenters. The number of rotatable bonds is 4. The Balaban J connectivity index is 1.88. The topological polar surface area (TPSA) is 42.4 Å². The molecule has 0 bridgehead atoms. The molecule has 2 heterocycles. The van der Waals surface area contributed by atoms with Gasteiger partial charge in [0.1, 0.15) is 5.76 Å². The molecule has 1 saturated heterocycles. The lowest BCUT2D eigenvalue weighted by Gasteiger charge is -2.31. The first-order valence-corrected chi connectivity index (χ1v) is 6.30. The molecule has 0 aromatic carbocycles. The van der Waals surface area contributed by atoms with Gasteiger partial charge in [-0.25, -0.2) is 0 Å². The molecule has 0 saturated carbocycles. The van der Waals surface area contributed by atoms with Crippen molar-refractivity contribution in [1.29, 1.82) is 0 Å². The summed E-state index contributed by atoms with van der Waals surface area (Å²) in [5.74, 6) is 1.93. The Bertz CT molecular complexity index is 321. The second-order valence-electron chi connectivity index (χ2n) is 4.78. The van der Waals surface area contributed by atoms with E-state index in [1.165, 1.54) is 32.4 Å². The zero-order chi connectivity index (χ0) is 11.4. The Hall–Kier alpha value is -0.800. The molecule has 0 spiro atoms. The fraction of sp³-hybridized carbons (Fsp3) is 0.692. The summed E-state index contributed by atoms with van der Waals surface area (Å²) in [6.07, 6.45) is 5.78. The lowest BCUT2D eigenvalue weighted by molar-refractivity contribution is 0.154. The van der Waals surface area contributed by atoms with Crippen molar-refractivity contribution in [2.75, 3.05) is 13.1 Å². The largest absolute Gasteiger partial charge is 0.468 e. The van der Waals surface area contributed by atoms with Gasteiger partial charge in [0.15, 0.2) is 0 Å². The van der Waals surface area contributed by atoms with Crippen molar-refractivity contribution in [3.63, 3.8) is 0 Å². The van der Waals surface area contributed by atoms with E-state index in [1.807, 2.05) is 0 Å². The van der Waals surface area contributed by atoms with Gasteiger partial charge in [-0.2, -0.15) is 0 Å². The number of piperidine rings is 1. The highest BCUT2D eigenvalue weighted by Gasteiger charge is 2.19. The highest BCUT2D eigenvalue weighted by atomic mass is 16.3. The van der Waals surface area contributed by atoms with Gasteiger partial charge < -0.3 is 10.2 Å². The van der Waals surface area contributed by atoms with Gasteiger partial charge in [0.25, 0.3) is 0 Å². The van der Waals surface area contributed by atoms with Crippen LogP contribution in [-0.2, 0) is 13.1 Å². The molecular weight excluding hydrogens is 200 g/mol. The molecule has 2 N–H and O–H groups in total. The van der Waals surface area contributed by atoms with Gasteiger partial charge in [0.2, 0.25) is 0 Å². The first-order valence-electron chi connectivity index (χ1n) is 6.30.